The average Bonchev–Trinajstić information content (AvgIpc) is 2.95. The minimum absolute atomic E-state index is 0.0915. The summed E-state index contributed by atoms with van der Waals surface area (Å²) < 4.78 is 65.6. The van der Waals surface area contributed by atoms with Gasteiger partial charge in [0.15, 0.2) is 10.1 Å². The van der Waals surface area contributed by atoms with Crippen LogP contribution in [0.5, 0.6) is 0 Å². The van der Waals surface area contributed by atoms with Gasteiger partial charge in [-0.15, -0.1) is 9.13 Å². The predicted molar refractivity (Wildman–Crippen MR) is 63.2 cm³/mol. The highest BCUT2D eigenvalue weighted by Gasteiger charge is 2.36. The number of alkyl halides is 3. The van der Waals surface area contributed by atoms with Crippen molar-refractivity contribution in [3.8, 4) is 0 Å². The van der Waals surface area contributed by atoms with Crippen molar-refractivity contribution in [1.29, 1.82) is 0 Å². The lowest BCUT2D eigenvalue weighted by molar-refractivity contribution is -0.671. The number of aryl methyl sites for hydroxylation is 2. The Balaban J connectivity index is 0.000000261. The second-order valence-electron chi connectivity index (χ2n) is 4.16. The Kier molecular flexibility index (Phi) is 5.09. The standard InChI is InChI=1S/C9H12N4O.CHF3O3S/c1-10-3-5-12(7-10)9(14)13-6-4-11(2)8-13;2-1(3,4)8(5,6)7/h3-8H,1-2H3;(H,5,6,7)/q+2;/p-1. The summed E-state index contributed by atoms with van der Waals surface area (Å²) >= 11 is 0. The molecule has 0 aliphatic heterocycles. The molecule has 2 rings (SSSR count). The highest BCUT2D eigenvalue weighted by molar-refractivity contribution is 7.86. The van der Waals surface area contributed by atoms with Crippen LogP contribution in [-0.2, 0) is 24.2 Å². The molecule has 0 spiro atoms. The number of carbonyl (C=O) groups is 1. The van der Waals surface area contributed by atoms with Crippen LogP contribution < -0.4 is 9.13 Å². The van der Waals surface area contributed by atoms with Crippen molar-refractivity contribution < 1.29 is 40.1 Å². The number of hydrogen-bond acceptors (Lipinski definition) is 4. The number of imidazole rings is 2. The maximum Gasteiger partial charge on any atom is 0.513 e. The van der Waals surface area contributed by atoms with Gasteiger partial charge < -0.3 is 4.55 Å². The van der Waals surface area contributed by atoms with Crippen molar-refractivity contribution in [1.82, 2.24) is 9.13 Å². The molecule has 0 aliphatic rings. The molecule has 0 fully saturated rings. The smallest absolute Gasteiger partial charge is 0.513 e. The molecule has 0 aromatic carbocycles. The summed E-state index contributed by atoms with van der Waals surface area (Å²) in [7, 11) is -2.34. The Morgan fingerprint density at radius 1 is 1.05 bits per heavy atom. The van der Waals surface area contributed by atoms with E-state index in [1.807, 2.05) is 35.6 Å². The third-order valence-corrected chi connectivity index (χ3v) is 2.83. The van der Waals surface area contributed by atoms with Gasteiger partial charge in [0, 0.05) is 0 Å². The van der Waals surface area contributed by atoms with Gasteiger partial charge in [0.1, 0.15) is 24.8 Å². The summed E-state index contributed by atoms with van der Waals surface area (Å²) in [5.74, 6) is 0. The minimum Gasteiger partial charge on any atom is -0.741 e. The molecule has 0 saturated carbocycles. The topological polar surface area (TPSA) is 91.9 Å². The molecule has 0 N–H and O–H groups in total. The molecule has 2 aromatic heterocycles. The van der Waals surface area contributed by atoms with E-state index in [1.54, 1.807) is 25.0 Å². The zero-order valence-electron chi connectivity index (χ0n) is 11.4. The van der Waals surface area contributed by atoms with E-state index < -0.39 is 15.6 Å². The van der Waals surface area contributed by atoms with Crippen LogP contribution in [0.3, 0.4) is 0 Å². The fraction of sp³-hybridized carbons (Fsp3) is 0.300. The van der Waals surface area contributed by atoms with Gasteiger partial charge >= 0.3 is 11.5 Å². The SMILES string of the molecule is C[n+]1ccn(C(=O)n2cc[n+](C)c2)c1.O=S(=O)([O-])C(F)(F)F. The normalized spacial score (nSPS) is 11.7. The molecule has 22 heavy (non-hydrogen) atoms. The van der Waals surface area contributed by atoms with Crippen molar-refractivity contribution in [2.24, 2.45) is 14.1 Å². The lowest BCUT2D eigenvalue weighted by Gasteiger charge is -2.08. The van der Waals surface area contributed by atoms with Gasteiger partial charge in [0.2, 0.25) is 0 Å². The number of hydrogen-bond donors (Lipinski definition) is 0. The Morgan fingerprint density at radius 2 is 1.36 bits per heavy atom. The summed E-state index contributed by atoms with van der Waals surface area (Å²) in [5.41, 5.74) is -5.65. The van der Waals surface area contributed by atoms with Crippen LogP contribution in [0.1, 0.15) is 0 Å². The second kappa shape index (κ2) is 6.27. The van der Waals surface area contributed by atoms with E-state index >= 15 is 0 Å². The molecular formula is C10H12F3N4O4S+. The van der Waals surface area contributed by atoms with Gasteiger partial charge in [-0.1, -0.05) is 0 Å². The summed E-state index contributed by atoms with van der Waals surface area (Å²) in [6.45, 7) is 0. The molecule has 0 amide bonds. The van der Waals surface area contributed by atoms with E-state index in [9.17, 15) is 18.0 Å². The summed E-state index contributed by atoms with van der Waals surface area (Å²) in [5, 5.41) is 0. The van der Waals surface area contributed by atoms with Crippen molar-refractivity contribution in [2.75, 3.05) is 0 Å². The van der Waals surface area contributed by atoms with Crippen LogP contribution in [0.25, 0.3) is 0 Å². The molecule has 0 radical (unpaired) electrons. The predicted octanol–water partition coefficient (Wildman–Crippen LogP) is -0.494. The molecule has 0 atom stereocenters. The maximum absolute atomic E-state index is 11.8. The van der Waals surface area contributed by atoms with Gasteiger partial charge in [-0.05, 0) is 0 Å². The first kappa shape index (κ1) is 17.8. The molecule has 122 valence electrons. The van der Waals surface area contributed by atoms with Crippen molar-refractivity contribution >= 4 is 16.1 Å². The van der Waals surface area contributed by atoms with Crippen LogP contribution >= 0.6 is 0 Å². The van der Waals surface area contributed by atoms with Crippen molar-refractivity contribution in [3.63, 3.8) is 0 Å². The largest absolute Gasteiger partial charge is 0.741 e. The van der Waals surface area contributed by atoms with E-state index in [0.717, 1.165) is 0 Å². The van der Waals surface area contributed by atoms with Gasteiger partial charge in [0.25, 0.3) is 12.7 Å². The molecule has 0 saturated heterocycles. The van der Waals surface area contributed by atoms with E-state index in [0.29, 0.717) is 0 Å². The number of aromatic nitrogens is 4. The zero-order chi connectivity index (χ0) is 17.1. The number of halogens is 3. The highest BCUT2D eigenvalue weighted by atomic mass is 32.2. The minimum atomic E-state index is -6.09. The fourth-order valence-electron chi connectivity index (χ4n) is 1.26. The van der Waals surface area contributed by atoms with Crippen molar-refractivity contribution in [3.05, 3.63) is 37.4 Å². The zero-order valence-corrected chi connectivity index (χ0v) is 12.2. The first-order valence-corrected chi connectivity index (χ1v) is 6.96. The van der Waals surface area contributed by atoms with Gasteiger partial charge in [-0.3, -0.25) is 0 Å². The molecule has 2 heterocycles. The molecule has 2 aromatic rings. The Bertz CT molecular complexity index is 721. The third-order valence-electron chi connectivity index (χ3n) is 2.26. The number of carbonyl (C=O) groups excluding carboxylic acids is 1. The van der Waals surface area contributed by atoms with Crippen LogP contribution in [0.15, 0.2) is 37.4 Å². The Morgan fingerprint density at radius 3 is 1.55 bits per heavy atom. The first-order chi connectivity index (χ1) is 9.91. The monoisotopic (exact) mass is 341 g/mol. The number of nitrogens with zero attached hydrogens (tertiary/aromatic N) is 4. The molecule has 8 nitrogen and oxygen atoms in total. The molecular weight excluding hydrogens is 329 g/mol. The lowest BCUT2D eigenvalue weighted by atomic mass is 10.8. The van der Waals surface area contributed by atoms with E-state index in [1.165, 1.54) is 9.13 Å². The van der Waals surface area contributed by atoms with E-state index in [4.69, 9.17) is 13.0 Å². The average molecular weight is 341 g/mol. The van der Waals surface area contributed by atoms with Crippen LogP contribution in [0.4, 0.5) is 18.0 Å². The third kappa shape index (κ3) is 4.66. The van der Waals surface area contributed by atoms with Crippen LogP contribution in [0.2, 0.25) is 0 Å². The quantitative estimate of drug-likeness (QED) is 0.367. The molecule has 0 aliphatic carbocycles. The Labute approximate surface area is 123 Å². The summed E-state index contributed by atoms with van der Waals surface area (Å²) in [6.07, 6.45) is 10.5. The van der Waals surface area contributed by atoms with E-state index in [-0.39, 0.29) is 6.03 Å². The van der Waals surface area contributed by atoms with Crippen LogP contribution in [0, 0.1) is 0 Å². The highest BCUT2D eigenvalue weighted by Crippen LogP contribution is 2.20. The molecule has 0 bridgehead atoms. The Hall–Kier alpha value is -2.21. The van der Waals surface area contributed by atoms with E-state index in [2.05, 4.69) is 0 Å². The summed E-state index contributed by atoms with van der Waals surface area (Å²) in [6, 6.07) is -0.0915. The lowest BCUT2D eigenvalue weighted by Crippen LogP contribution is -2.28. The van der Waals surface area contributed by atoms with Gasteiger partial charge in [0.05, 0.1) is 14.1 Å². The maximum atomic E-state index is 11.8. The molecule has 12 heteroatoms. The second-order valence-corrected chi connectivity index (χ2v) is 5.53. The first-order valence-electron chi connectivity index (χ1n) is 5.55. The fourth-order valence-corrected chi connectivity index (χ4v) is 1.26. The number of rotatable bonds is 0. The van der Waals surface area contributed by atoms with Gasteiger partial charge in [-0.25, -0.2) is 17.6 Å². The van der Waals surface area contributed by atoms with Gasteiger partial charge in [-0.2, -0.15) is 18.0 Å². The van der Waals surface area contributed by atoms with Crippen LogP contribution in [-0.4, -0.2) is 33.6 Å². The summed E-state index contributed by atoms with van der Waals surface area (Å²) in [4.78, 5) is 11.8. The van der Waals surface area contributed by atoms with Crippen molar-refractivity contribution in [2.45, 2.75) is 5.51 Å². The molecule has 0 unspecified atom stereocenters.